The second-order valence-electron chi connectivity index (χ2n) is 4.48. The molecule has 0 amide bonds. The number of nitrogens with two attached hydrogens (primary N) is 1. The fraction of sp³-hybridized carbons (Fsp3) is 0.200. The monoisotopic (exact) mass is 281 g/mol. The first kappa shape index (κ1) is 14.4. The van der Waals surface area contributed by atoms with E-state index in [1.54, 1.807) is 6.92 Å². The van der Waals surface area contributed by atoms with E-state index in [-0.39, 0.29) is 11.3 Å². The molecule has 2 N–H and O–H groups in total. The summed E-state index contributed by atoms with van der Waals surface area (Å²) in [7, 11) is 1.32. The SMILES string of the molecule is COc1cc(F)c(C(N)c2ccc(F)cc2C)c(F)c1. The highest BCUT2D eigenvalue weighted by molar-refractivity contribution is 5.40. The molecule has 0 fully saturated rings. The van der Waals surface area contributed by atoms with Crippen molar-refractivity contribution in [3.05, 3.63) is 64.5 Å². The zero-order chi connectivity index (χ0) is 14.9. The Kier molecular flexibility index (Phi) is 3.99. The van der Waals surface area contributed by atoms with Gasteiger partial charge in [0.25, 0.3) is 0 Å². The molecule has 106 valence electrons. The number of hydrogen-bond donors (Lipinski definition) is 1. The molecule has 1 atom stereocenters. The minimum atomic E-state index is -1.01. The summed E-state index contributed by atoms with van der Waals surface area (Å²) in [5.74, 6) is -1.93. The number of ether oxygens (including phenoxy) is 1. The third-order valence-corrected chi connectivity index (χ3v) is 3.17. The highest BCUT2D eigenvalue weighted by Crippen LogP contribution is 2.30. The van der Waals surface area contributed by atoms with Crippen molar-refractivity contribution in [3.8, 4) is 5.75 Å². The van der Waals surface area contributed by atoms with Gasteiger partial charge in [0, 0.05) is 17.7 Å². The van der Waals surface area contributed by atoms with E-state index in [2.05, 4.69) is 0 Å². The molecule has 0 spiro atoms. The van der Waals surface area contributed by atoms with Crippen molar-refractivity contribution in [2.24, 2.45) is 5.73 Å². The van der Waals surface area contributed by atoms with Gasteiger partial charge in [-0.2, -0.15) is 0 Å². The maximum Gasteiger partial charge on any atom is 0.134 e. The average molecular weight is 281 g/mol. The van der Waals surface area contributed by atoms with Gasteiger partial charge >= 0.3 is 0 Å². The summed E-state index contributed by atoms with van der Waals surface area (Å²) in [6.45, 7) is 1.64. The van der Waals surface area contributed by atoms with Gasteiger partial charge in [0.1, 0.15) is 23.2 Å². The predicted octanol–water partition coefficient (Wildman–Crippen LogP) is 3.47. The van der Waals surface area contributed by atoms with Crippen LogP contribution in [0.2, 0.25) is 0 Å². The van der Waals surface area contributed by atoms with Crippen molar-refractivity contribution in [1.82, 2.24) is 0 Å². The molecular formula is C15H14F3NO. The van der Waals surface area contributed by atoms with E-state index >= 15 is 0 Å². The summed E-state index contributed by atoms with van der Waals surface area (Å²) in [6.07, 6.45) is 0. The number of hydrogen-bond acceptors (Lipinski definition) is 2. The molecule has 2 aromatic carbocycles. The number of aryl methyl sites for hydroxylation is 1. The van der Waals surface area contributed by atoms with Crippen LogP contribution >= 0.6 is 0 Å². The number of methoxy groups -OCH3 is 1. The number of rotatable bonds is 3. The molecule has 2 aromatic rings. The Morgan fingerprint density at radius 3 is 2.15 bits per heavy atom. The Morgan fingerprint density at radius 2 is 1.65 bits per heavy atom. The van der Waals surface area contributed by atoms with E-state index in [9.17, 15) is 13.2 Å². The van der Waals surface area contributed by atoms with Gasteiger partial charge in [0.15, 0.2) is 0 Å². The lowest BCUT2D eigenvalue weighted by molar-refractivity contribution is 0.404. The zero-order valence-corrected chi connectivity index (χ0v) is 11.1. The Bertz CT molecular complexity index is 620. The van der Waals surface area contributed by atoms with Gasteiger partial charge in [0.05, 0.1) is 13.2 Å². The third kappa shape index (κ3) is 2.63. The van der Waals surface area contributed by atoms with Crippen LogP contribution in [0.15, 0.2) is 30.3 Å². The van der Waals surface area contributed by atoms with Crippen molar-refractivity contribution < 1.29 is 17.9 Å². The fourth-order valence-corrected chi connectivity index (χ4v) is 2.12. The van der Waals surface area contributed by atoms with Gasteiger partial charge in [-0.05, 0) is 30.2 Å². The Labute approximate surface area is 115 Å². The van der Waals surface area contributed by atoms with Crippen LogP contribution in [-0.4, -0.2) is 7.11 Å². The molecule has 0 bridgehead atoms. The number of benzene rings is 2. The Morgan fingerprint density at radius 1 is 1.05 bits per heavy atom. The average Bonchev–Trinajstić information content (AvgIpc) is 2.37. The second-order valence-corrected chi connectivity index (χ2v) is 4.48. The molecule has 0 aromatic heterocycles. The van der Waals surface area contributed by atoms with Crippen molar-refractivity contribution in [3.63, 3.8) is 0 Å². The summed E-state index contributed by atoms with van der Waals surface area (Å²) in [5.41, 5.74) is 6.66. The highest BCUT2D eigenvalue weighted by Gasteiger charge is 2.21. The molecule has 0 aliphatic rings. The van der Waals surface area contributed by atoms with Gasteiger partial charge in [-0.25, -0.2) is 13.2 Å². The van der Waals surface area contributed by atoms with Crippen molar-refractivity contribution in [2.75, 3.05) is 7.11 Å². The minimum Gasteiger partial charge on any atom is -0.497 e. The molecule has 20 heavy (non-hydrogen) atoms. The van der Waals surface area contributed by atoms with E-state index in [4.69, 9.17) is 10.5 Å². The Balaban J connectivity index is 2.50. The molecule has 0 saturated heterocycles. The van der Waals surface area contributed by atoms with Crippen LogP contribution in [0.5, 0.6) is 5.75 Å². The molecule has 0 aliphatic heterocycles. The van der Waals surface area contributed by atoms with E-state index < -0.39 is 23.5 Å². The summed E-state index contributed by atoms with van der Waals surface area (Å²) in [6, 6.07) is 5.03. The lowest BCUT2D eigenvalue weighted by Gasteiger charge is -2.17. The van der Waals surface area contributed by atoms with Crippen molar-refractivity contribution in [2.45, 2.75) is 13.0 Å². The third-order valence-electron chi connectivity index (χ3n) is 3.17. The maximum atomic E-state index is 14.0. The minimum absolute atomic E-state index is 0.0757. The van der Waals surface area contributed by atoms with E-state index in [0.717, 1.165) is 12.1 Å². The smallest absolute Gasteiger partial charge is 0.134 e. The number of halogens is 3. The van der Waals surface area contributed by atoms with Crippen LogP contribution in [0, 0.1) is 24.4 Å². The first-order valence-corrected chi connectivity index (χ1v) is 5.98. The summed E-state index contributed by atoms with van der Waals surface area (Å²) < 4.78 is 45.8. The quantitative estimate of drug-likeness (QED) is 0.935. The van der Waals surface area contributed by atoms with Crippen molar-refractivity contribution >= 4 is 0 Å². The van der Waals surface area contributed by atoms with Crippen LogP contribution in [0.1, 0.15) is 22.7 Å². The zero-order valence-electron chi connectivity index (χ0n) is 11.1. The predicted molar refractivity (Wildman–Crippen MR) is 70.1 cm³/mol. The lowest BCUT2D eigenvalue weighted by Crippen LogP contribution is -2.17. The lowest BCUT2D eigenvalue weighted by atomic mass is 9.95. The molecular weight excluding hydrogens is 267 g/mol. The topological polar surface area (TPSA) is 35.2 Å². The molecule has 1 unspecified atom stereocenters. The van der Waals surface area contributed by atoms with Crippen LogP contribution in [0.4, 0.5) is 13.2 Å². The maximum absolute atomic E-state index is 14.0. The summed E-state index contributed by atoms with van der Waals surface area (Å²) in [5, 5.41) is 0. The molecule has 0 heterocycles. The highest BCUT2D eigenvalue weighted by atomic mass is 19.1. The standard InChI is InChI=1S/C15H14F3NO/c1-8-5-9(16)3-4-11(8)15(19)14-12(17)6-10(20-2)7-13(14)18/h3-7,15H,19H2,1-2H3. The molecule has 0 radical (unpaired) electrons. The van der Waals surface area contributed by atoms with Gasteiger partial charge < -0.3 is 10.5 Å². The summed E-state index contributed by atoms with van der Waals surface area (Å²) in [4.78, 5) is 0. The van der Waals surface area contributed by atoms with Gasteiger partial charge in [0.2, 0.25) is 0 Å². The molecule has 2 rings (SSSR count). The van der Waals surface area contributed by atoms with E-state index in [0.29, 0.717) is 11.1 Å². The van der Waals surface area contributed by atoms with Gasteiger partial charge in [-0.15, -0.1) is 0 Å². The normalized spacial score (nSPS) is 12.3. The van der Waals surface area contributed by atoms with Crippen LogP contribution in [0.3, 0.4) is 0 Å². The first-order valence-electron chi connectivity index (χ1n) is 5.98. The largest absolute Gasteiger partial charge is 0.497 e. The van der Waals surface area contributed by atoms with Crippen LogP contribution in [-0.2, 0) is 0 Å². The van der Waals surface area contributed by atoms with Crippen LogP contribution < -0.4 is 10.5 Å². The Hall–Kier alpha value is -2.01. The van der Waals surface area contributed by atoms with E-state index in [1.165, 1.54) is 25.3 Å². The van der Waals surface area contributed by atoms with Gasteiger partial charge in [-0.3, -0.25) is 0 Å². The fourth-order valence-electron chi connectivity index (χ4n) is 2.12. The summed E-state index contributed by atoms with van der Waals surface area (Å²) >= 11 is 0. The van der Waals surface area contributed by atoms with Crippen molar-refractivity contribution in [1.29, 1.82) is 0 Å². The molecule has 0 aliphatic carbocycles. The van der Waals surface area contributed by atoms with Crippen LogP contribution in [0.25, 0.3) is 0 Å². The van der Waals surface area contributed by atoms with Gasteiger partial charge in [-0.1, -0.05) is 6.07 Å². The van der Waals surface area contributed by atoms with E-state index in [1.807, 2.05) is 0 Å². The molecule has 5 heteroatoms. The first-order chi connectivity index (χ1) is 9.43. The second kappa shape index (κ2) is 5.54. The molecule has 0 saturated carbocycles. The molecule has 2 nitrogen and oxygen atoms in total.